The number of pyridine rings is 1. The van der Waals surface area contributed by atoms with E-state index < -0.39 is 0 Å². The molecule has 0 spiro atoms. The second-order valence-corrected chi connectivity index (χ2v) is 8.05. The highest BCUT2D eigenvalue weighted by molar-refractivity contribution is 7.09. The molecular formula is C19H24N4OS. The van der Waals surface area contributed by atoms with E-state index in [1.165, 1.54) is 5.56 Å². The van der Waals surface area contributed by atoms with Crippen molar-refractivity contribution in [1.82, 2.24) is 20.2 Å². The van der Waals surface area contributed by atoms with E-state index in [-0.39, 0.29) is 17.9 Å². The number of amides is 1. The van der Waals surface area contributed by atoms with Crippen molar-refractivity contribution in [2.75, 3.05) is 13.1 Å². The molecule has 25 heavy (non-hydrogen) atoms. The summed E-state index contributed by atoms with van der Waals surface area (Å²) in [6.07, 6.45) is 9.92. The van der Waals surface area contributed by atoms with E-state index in [0.717, 1.165) is 50.3 Å². The molecule has 2 unspecified atom stereocenters. The lowest BCUT2D eigenvalue weighted by atomic mass is 9.90. The van der Waals surface area contributed by atoms with Gasteiger partial charge >= 0.3 is 0 Å². The Hall–Kier alpha value is -1.79. The van der Waals surface area contributed by atoms with Crippen LogP contribution in [0.5, 0.6) is 0 Å². The summed E-state index contributed by atoms with van der Waals surface area (Å²) in [6, 6.07) is 4.21. The predicted octanol–water partition coefficient (Wildman–Crippen LogP) is 3.02. The summed E-state index contributed by atoms with van der Waals surface area (Å²) in [5.74, 6) is 0.870. The number of nitrogens with one attached hydrogen (secondary N) is 1. The van der Waals surface area contributed by atoms with Crippen LogP contribution in [0.3, 0.4) is 0 Å². The topological polar surface area (TPSA) is 58.1 Å². The van der Waals surface area contributed by atoms with Crippen molar-refractivity contribution < 1.29 is 4.79 Å². The van der Waals surface area contributed by atoms with E-state index >= 15 is 0 Å². The normalized spacial score (nSPS) is 22.5. The predicted molar refractivity (Wildman–Crippen MR) is 98.0 cm³/mol. The largest absolute Gasteiger partial charge is 0.346 e. The number of likely N-dealkylation sites (tertiary alicyclic amines) is 1. The standard InChI is InChI=1S/C19H24N4OS/c24-18(15-3-4-15)22-17(19-21-9-11-25-19)16-2-1-10-23(13-16)12-14-5-7-20-8-6-14/h5-9,11,15-17H,1-4,10,12-13H2,(H,22,24). The summed E-state index contributed by atoms with van der Waals surface area (Å²) >= 11 is 1.65. The van der Waals surface area contributed by atoms with Gasteiger partial charge in [0, 0.05) is 43.0 Å². The first kappa shape index (κ1) is 16.7. The van der Waals surface area contributed by atoms with Crippen LogP contribution in [0.4, 0.5) is 0 Å². The number of carbonyl (C=O) groups is 1. The molecule has 2 atom stereocenters. The van der Waals surface area contributed by atoms with Crippen LogP contribution >= 0.6 is 11.3 Å². The van der Waals surface area contributed by atoms with Gasteiger partial charge in [-0.25, -0.2) is 4.98 Å². The minimum Gasteiger partial charge on any atom is -0.346 e. The van der Waals surface area contributed by atoms with Crippen molar-refractivity contribution in [3.05, 3.63) is 46.7 Å². The first-order valence-electron chi connectivity index (χ1n) is 9.10. The average Bonchev–Trinajstić information content (AvgIpc) is 3.36. The number of hydrogen-bond acceptors (Lipinski definition) is 5. The molecule has 1 aliphatic carbocycles. The van der Waals surface area contributed by atoms with Gasteiger partial charge in [-0.1, -0.05) is 0 Å². The Balaban J connectivity index is 1.45. The van der Waals surface area contributed by atoms with Crippen LogP contribution in [0.2, 0.25) is 0 Å². The van der Waals surface area contributed by atoms with E-state index in [4.69, 9.17) is 0 Å². The third kappa shape index (κ3) is 4.25. The third-order valence-corrected chi connectivity index (χ3v) is 5.99. The van der Waals surface area contributed by atoms with Gasteiger partial charge in [0.05, 0.1) is 6.04 Å². The second-order valence-electron chi connectivity index (χ2n) is 7.12. The fourth-order valence-corrected chi connectivity index (χ4v) is 4.42. The minimum atomic E-state index is 0.0494. The maximum Gasteiger partial charge on any atom is 0.223 e. The van der Waals surface area contributed by atoms with E-state index in [9.17, 15) is 4.79 Å². The molecule has 132 valence electrons. The Kier molecular flexibility index (Phi) is 5.08. The molecule has 1 N–H and O–H groups in total. The van der Waals surface area contributed by atoms with Crippen LogP contribution < -0.4 is 5.32 Å². The van der Waals surface area contributed by atoms with Gasteiger partial charge in [-0.15, -0.1) is 11.3 Å². The zero-order valence-electron chi connectivity index (χ0n) is 14.3. The lowest BCUT2D eigenvalue weighted by Gasteiger charge is -2.36. The molecule has 6 heteroatoms. The molecule has 1 aliphatic heterocycles. The Morgan fingerprint density at radius 1 is 1.28 bits per heavy atom. The van der Waals surface area contributed by atoms with Crippen LogP contribution in [0, 0.1) is 11.8 Å². The van der Waals surface area contributed by atoms with Gasteiger partial charge in [0.15, 0.2) is 0 Å². The summed E-state index contributed by atoms with van der Waals surface area (Å²) < 4.78 is 0. The molecule has 0 bridgehead atoms. The van der Waals surface area contributed by atoms with Gasteiger partial charge in [-0.2, -0.15) is 0 Å². The first-order chi connectivity index (χ1) is 12.3. The summed E-state index contributed by atoms with van der Waals surface area (Å²) in [4.78, 5) is 23.5. The van der Waals surface area contributed by atoms with Crippen LogP contribution in [0.15, 0.2) is 36.1 Å². The molecule has 2 aliphatic rings. The SMILES string of the molecule is O=C(NC(c1nccs1)C1CCCN(Cc2ccncc2)C1)C1CC1. The fourth-order valence-electron chi connectivity index (χ4n) is 3.64. The molecule has 2 fully saturated rings. The smallest absolute Gasteiger partial charge is 0.223 e. The second kappa shape index (κ2) is 7.62. The summed E-state index contributed by atoms with van der Waals surface area (Å²) in [6.45, 7) is 3.05. The molecule has 4 rings (SSSR count). The lowest BCUT2D eigenvalue weighted by molar-refractivity contribution is -0.123. The molecule has 3 heterocycles. The molecular weight excluding hydrogens is 332 g/mol. The zero-order chi connectivity index (χ0) is 17.1. The van der Waals surface area contributed by atoms with Crippen LogP contribution in [-0.2, 0) is 11.3 Å². The number of piperidine rings is 1. The number of aromatic nitrogens is 2. The minimum absolute atomic E-state index is 0.0494. The van der Waals surface area contributed by atoms with Gasteiger partial charge in [0.25, 0.3) is 0 Å². The molecule has 1 saturated carbocycles. The van der Waals surface area contributed by atoms with E-state index in [1.807, 2.05) is 24.0 Å². The van der Waals surface area contributed by atoms with Gasteiger partial charge in [-0.3, -0.25) is 14.7 Å². The van der Waals surface area contributed by atoms with E-state index in [1.54, 1.807) is 11.3 Å². The van der Waals surface area contributed by atoms with Gasteiger partial charge in [0.2, 0.25) is 5.91 Å². The molecule has 0 radical (unpaired) electrons. The number of thiazole rings is 1. The highest BCUT2D eigenvalue weighted by Gasteiger charge is 2.35. The molecule has 5 nitrogen and oxygen atoms in total. The zero-order valence-corrected chi connectivity index (χ0v) is 15.1. The van der Waals surface area contributed by atoms with Crippen LogP contribution in [0.1, 0.15) is 42.3 Å². The van der Waals surface area contributed by atoms with Crippen molar-refractivity contribution in [1.29, 1.82) is 0 Å². The highest BCUT2D eigenvalue weighted by atomic mass is 32.1. The number of hydrogen-bond donors (Lipinski definition) is 1. The summed E-state index contributed by atoms with van der Waals surface area (Å²) in [5, 5.41) is 6.36. The number of carbonyl (C=O) groups excluding carboxylic acids is 1. The molecule has 0 aromatic carbocycles. The maximum atomic E-state index is 12.4. The highest BCUT2D eigenvalue weighted by Crippen LogP contribution is 2.34. The fraction of sp³-hybridized carbons (Fsp3) is 0.526. The van der Waals surface area contributed by atoms with Crippen molar-refractivity contribution in [2.24, 2.45) is 11.8 Å². The van der Waals surface area contributed by atoms with Crippen molar-refractivity contribution in [3.8, 4) is 0 Å². The average molecular weight is 356 g/mol. The lowest BCUT2D eigenvalue weighted by Crippen LogP contribution is -2.43. The Labute approximate surface area is 152 Å². The Morgan fingerprint density at radius 3 is 2.84 bits per heavy atom. The molecule has 2 aromatic heterocycles. The van der Waals surface area contributed by atoms with Crippen molar-refractivity contribution >= 4 is 17.2 Å². The van der Waals surface area contributed by atoms with Gasteiger partial charge in [-0.05, 0) is 55.8 Å². The van der Waals surface area contributed by atoms with Crippen molar-refractivity contribution in [3.63, 3.8) is 0 Å². The maximum absolute atomic E-state index is 12.4. The molecule has 1 amide bonds. The summed E-state index contributed by atoms with van der Waals surface area (Å²) in [5.41, 5.74) is 1.29. The van der Waals surface area contributed by atoms with E-state index in [0.29, 0.717) is 5.92 Å². The van der Waals surface area contributed by atoms with E-state index in [2.05, 4.69) is 32.3 Å². The van der Waals surface area contributed by atoms with Crippen LogP contribution in [0.25, 0.3) is 0 Å². The van der Waals surface area contributed by atoms with Gasteiger partial charge < -0.3 is 5.32 Å². The third-order valence-electron chi connectivity index (χ3n) is 5.13. The monoisotopic (exact) mass is 356 g/mol. The van der Waals surface area contributed by atoms with Gasteiger partial charge in [0.1, 0.15) is 5.01 Å². The number of nitrogens with zero attached hydrogens (tertiary/aromatic N) is 3. The quantitative estimate of drug-likeness (QED) is 0.864. The Morgan fingerprint density at radius 2 is 2.12 bits per heavy atom. The van der Waals surface area contributed by atoms with Crippen molar-refractivity contribution in [2.45, 2.75) is 38.3 Å². The summed E-state index contributed by atoms with van der Waals surface area (Å²) in [7, 11) is 0. The first-order valence-corrected chi connectivity index (χ1v) is 9.98. The molecule has 1 saturated heterocycles. The van der Waals surface area contributed by atoms with Crippen LogP contribution in [-0.4, -0.2) is 33.9 Å². The number of rotatable bonds is 6. The molecule has 2 aromatic rings. The Bertz CT molecular complexity index is 687.